The number of hydrogen-bond donors (Lipinski definition) is 4. The minimum Gasteiger partial charge on any atom is -0.507 e. The number of halogens is 2. The van der Waals surface area contributed by atoms with E-state index in [-0.39, 0.29) is 111 Å². The van der Waals surface area contributed by atoms with E-state index in [1.165, 1.54) is 41.0 Å². The molecular formula is C112H90F2N8Ni4O4-4. The number of aromatic hydroxyl groups is 4. The summed E-state index contributed by atoms with van der Waals surface area (Å²) < 4.78 is 28.4. The summed E-state index contributed by atoms with van der Waals surface area (Å²) in [6.45, 7) is 20.2. The molecule has 660 valence electrons. The molecule has 0 atom stereocenters. The molecule has 12 nitrogen and oxygen atoms in total. The van der Waals surface area contributed by atoms with Gasteiger partial charge in [0.2, 0.25) is 0 Å². The van der Waals surface area contributed by atoms with E-state index in [4.69, 9.17) is 9.97 Å². The Hall–Kier alpha value is -13.6. The molecule has 130 heavy (non-hydrogen) atoms. The van der Waals surface area contributed by atoms with E-state index in [0.717, 1.165) is 84.2 Å². The van der Waals surface area contributed by atoms with Crippen LogP contribution >= 0.6 is 0 Å². The van der Waals surface area contributed by atoms with Gasteiger partial charge < -0.3 is 20.4 Å². The smallest absolute Gasteiger partial charge is 0.124 e. The summed E-state index contributed by atoms with van der Waals surface area (Å²) in [5.41, 5.74) is 25.0. The molecular weight excluding hydrogens is 1790 g/mol. The summed E-state index contributed by atoms with van der Waals surface area (Å²) in [7, 11) is 0. The standard InChI is InChI=1S/C36H35N2O.C32H27N2O.2C22H14FN2O.4Ni/c1-35(2,3)28-19-26(20-29(23-28)36(4,5)6)27-21-32(38-33(22-27)30-14-7-8-16-34(30)39)25-13-11-12-24(18-25)31-15-9-10-17-37-31;1-32(2,3)26-16-14-22(15-17-26)25-20-29(34-30(21-25)27-11-4-5-13-31(27)35)24-10-8-9-23(19-24)28-12-6-7-18-33-28;23-17-13-20(25-21(14-17)18-8-1-2-10-22(18)26)16-7-5-6-15(12-16)19-9-3-4-11-24-19;23-17-13-15(19-7-3-4-11-24-19)12-16(14-17)20-8-5-9-21(25-20)18-6-1-2-10-22(18)26;;;;/h7-17,19-23,39H,1-6H3;4-18,20-21,35H,1-3H3;2*1-11,13-14,26H;;;;/q4*-1;;;;. The zero-order chi connectivity index (χ0) is 88.1. The van der Waals surface area contributed by atoms with Gasteiger partial charge in [-0.3, -0.25) is 39.9 Å². The van der Waals surface area contributed by atoms with Gasteiger partial charge in [0.25, 0.3) is 0 Å². The third-order valence-electron chi connectivity index (χ3n) is 21.1. The van der Waals surface area contributed by atoms with Crippen LogP contribution in [0.4, 0.5) is 8.78 Å². The molecule has 18 rings (SSSR count). The van der Waals surface area contributed by atoms with Crippen molar-refractivity contribution in [2.24, 2.45) is 0 Å². The molecule has 0 fully saturated rings. The van der Waals surface area contributed by atoms with Gasteiger partial charge in [0.1, 0.15) is 28.8 Å². The molecule has 0 aliphatic rings. The molecule has 0 bridgehead atoms. The number of para-hydroxylation sites is 4. The zero-order valence-corrected chi connectivity index (χ0v) is 76.4. The van der Waals surface area contributed by atoms with E-state index in [1.807, 2.05) is 170 Å². The first-order valence-electron chi connectivity index (χ1n) is 41.4. The van der Waals surface area contributed by atoms with E-state index < -0.39 is 5.82 Å². The van der Waals surface area contributed by atoms with Crippen LogP contribution in [0.2, 0.25) is 0 Å². The molecule has 8 heterocycles. The van der Waals surface area contributed by atoms with Crippen molar-refractivity contribution in [1.29, 1.82) is 0 Å². The predicted molar refractivity (Wildman–Crippen MR) is 502 cm³/mol. The van der Waals surface area contributed by atoms with Crippen molar-refractivity contribution in [1.82, 2.24) is 39.9 Å². The van der Waals surface area contributed by atoms with Crippen molar-refractivity contribution < 1.29 is 95.2 Å². The molecule has 0 radical (unpaired) electrons. The van der Waals surface area contributed by atoms with Crippen molar-refractivity contribution in [2.75, 3.05) is 0 Å². The Morgan fingerprint density at radius 3 is 0.823 bits per heavy atom. The second-order valence-electron chi connectivity index (χ2n) is 33.3. The van der Waals surface area contributed by atoms with Crippen LogP contribution in [0.25, 0.3) is 157 Å². The van der Waals surface area contributed by atoms with Gasteiger partial charge >= 0.3 is 0 Å². The Morgan fingerprint density at radius 2 is 0.462 bits per heavy atom. The third kappa shape index (κ3) is 24.2. The van der Waals surface area contributed by atoms with Gasteiger partial charge in [0.05, 0.1) is 28.6 Å². The maximum atomic E-state index is 14.2. The first kappa shape index (κ1) is 97.1. The third-order valence-corrected chi connectivity index (χ3v) is 21.1. The normalized spacial score (nSPS) is 10.9. The SMILES string of the molecule is CC(C)(C)c1cc(-c2cc(-c3[c-]c(-c4ccccn4)ccc3)nc(-c3ccccc3O)c2)cc(C(C)(C)C)c1.CC(C)(C)c1ccc(-c2cc(-c3[c-]c(-c4ccccn4)ccc3)nc(-c3ccccc3O)c2)cc1.Oc1ccccc1-c1cc(F)cc(-c2[c-]c(-c3ccccn3)ccc2)n1.Oc1ccccc1-c1cccc(-c2[c-]c(-c3ccccn3)cc(F)c2)n1.[Ni].[Ni].[Ni].[Ni]. The molecule has 0 aliphatic carbocycles. The average Bonchev–Trinajstić information content (AvgIpc) is 0.773. The fourth-order valence-corrected chi connectivity index (χ4v) is 14.2. The first-order valence-corrected chi connectivity index (χ1v) is 41.4. The van der Waals surface area contributed by atoms with E-state index >= 15 is 0 Å². The minimum atomic E-state index is -0.426. The Kier molecular flexibility index (Phi) is 32.5. The molecule has 18 aromatic rings. The number of rotatable bonds is 14. The topological polar surface area (TPSA) is 184 Å². The van der Waals surface area contributed by atoms with E-state index in [9.17, 15) is 29.2 Å². The van der Waals surface area contributed by atoms with E-state index in [2.05, 4.69) is 177 Å². The molecule has 18 heteroatoms. The number of aromatic nitrogens is 8. The van der Waals surface area contributed by atoms with Crippen LogP contribution < -0.4 is 0 Å². The van der Waals surface area contributed by atoms with Crippen molar-refractivity contribution in [2.45, 2.75) is 78.6 Å². The second-order valence-corrected chi connectivity index (χ2v) is 33.3. The Bertz CT molecular complexity index is 6850. The summed E-state index contributed by atoms with van der Waals surface area (Å²) in [5, 5.41) is 41.4. The Labute approximate surface area is 798 Å². The van der Waals surface area contributed by atoms with Gasteiger partial charge in [0.15, 0.2) is 0 Å². The Balaban J connectivity index is 0.000000168. The number of phenols is 4. The van der Waals surface area contributed by atoms with Crippen LogP contribution in [0.15, 0.2) is 358 Å². The van der Waals surface area contributed by atoms with Crippen LogP contribution in [0.5, 0.6) is 23.0 Å². The van der Waals surface area contributed by atoms with Crippen molar-refractivity contribution >= 4 is 0 Å². The van der Waals surface area contributed by atoms with Crippen molar-refractivity contribution in [3.05, 3.63) is 411 Å². The number of pyridine rings is 8. The Morgan fingerprint density at radius 1 is 0.208 bits per heavy atom. The summed E-state index contributed by atoms with van der Waals surface area (Å²) in [5.74, 6) is -0.188. The summed E-state index contributed by atoms with van der Waals surface area (Å²) >= 11 is 0. The van der Waals surface area contributed by atoms with Crippen molar-refractivity contribution in [3.8, 4) is 180 Å². The minimum absolute atomic E-state index is 0. The zero-order valence-electron chi connectivity index (χ0n) is 72.5. The molecule has 4 N–H and O–H groups in total. The number of nitrogens with zero attached hydrogens (tertiary/aromatic N) is 8. The molecule has 10 aromatic carbocycles. The van der Waals surface area contributed by atoms with E-state index in [1.54, 1.807) is 104 Å². The largest absolute Gasteiger partial charge is 0.507 e. The number of benzene rings is 10. The van der Waals surface area contributed by atoms with Crippen LogP contribution in [-0.4, -0.2) is 60.3 Å². The van der Waals surface area contributed by atoms with Gasteiger partial charge in [0, 0.05) is 159 Å². The monoisotopic (exact) mass is 1880 g/mol. The maximum Gasteiger partial charge on any atom is 0.124 e. The van der Waals surface area contributed by atoms with Crippen LogP contribution in [0.1, 0.15) is 79.0 Å². The predicted octanol–water partition coefficient (Wildman–Crippen LogP) is 27.4. The molecule has 0 spiro atoms. The van der Waals surface area contributed by atoms with Crippen LogP contribution in [0.3, 0.4) is 0 Å². The average molecular weight is 1880 g/mol. The van der Waals surface area contributed by atoms with Gasteiger partial charge in [-0.1, -0.05) is 283 Å². The van der Waals surface area contributed by atoms with Gasteiger partial charge in [-0.25, -0.2) is 8.78 Å². The van der Waals surface area contributed by atoms with Crippen LogP contribution in [0, 0.1) is 35.9 Å². The second kappa shape index (κ2) is 43.5. The summed E-state index contributed by atoms with van der Waals surface area (Å²) in [4.78, 5) is 36.6. The molecule has 0 amide bonds. The molecule has 0 unspecified atom stereocenters. The van der Waals surface area contributed by atoms with Gasteiger partial charge in [-0.2, -0.15) is 0 Å². The summed E-state index contributed by atoms with van der Waals surface area (Å²) in [6.07, 6.45) is 6.95. The fraction of sp³-hybridized carbons (Fsp3) is 0.107. The number of hydrogen-bond acceptors (Lipinski definition) is 12. The fourth-order valence-electron chi connectivity index (χ4n) is 14.2. The van der Waals surface area contributed by atoms with E-state index in [0.29, 0.717) is 73.1 Å². The van der Waals surface area contributed by atoms with Crippen LogP contribution in [-0.2, 0) is 82.2 Å². The molecule has 0 saturated carbocycles. The molecule has 0 aliphatic heterocycles. The van der Waals surface area contributed by atoms with Gasteiger partial charge in [-0.15, -0.1) is 78.9 Å². The molecule has 8 aromatic heterocycles. The maximum absolute atomic E-state index is 14.2. The van der Waals surface area contributed by atoms with Gasteiger partial charge in [-0.05, 0) is 158 Å². The summed E-state index contributed by atoms with van der Waals surface area (Å²) in [6, 6.07) is 117. The first-order chi connectivity index (χ1) is 60.8. The quantitative estimate of drug-likeness (QED) is 0.0598. The molecule has 0 saturated heterocycles. The van der Waals surface area contributed by atoms with Crippen molar-refractivity contribution in [3.63, 3.8) is 0 Å². The number of phenolic OH excluding ortho intramolecular Hbond substituents is 4.